The van der Waals surface area contributed by atoms with Crippen molar-refractivity contribution in [2.75, 3.05) is 7.05 Å². The fourth-order valence-electron chi connectivity index (χ4n) is 0.670. The maximum Gasteiger partial charge on any atom is 0.308 e. The zero-order chi connectivity index (χ0) is 9.72. The summed E-state index contributed by atoms with van der Waals surface area (Å²) in [5.41, 5.74) is 0.553. The van der Waals surface area contributed by atoms with E-state index in [-0.39, 0.29) is 11.5 Å². The summed E-state index contributed by atoms with van der Waals surface area (Å²) < 4.78 is 4.69. The van der Waals surface area contributed by atoms with Crippen LogP contribution in [0.1, 0.15) is 20.8 Å². The van der Waals surface area contributed by atoms with Crippen LogP contribution in [0, 0.1) is 0 Å². The maximum atomic E-state index is 10.9. The van der Waals surface area contributed by atoms with Crippen molar-refractivity contribution >= 4 is 11.8 Å². The number of hydrogen-bond acceptors (Lipinski definition) is 4. The average molecular weight is 171 g/mol. The Kier molecular flexibility index (Phi) is 4.04. The molecule has 0 heterocycles. The van der Waals surface area contributed by atoms with Crippen LogP contribution in [0.15, 0.2) is 11.5 Å². The molecule has 68 valence electrons. The Labute approximate surface area is 71.6 Å². The summed E-state index contributed by atoms with van der Waals surface area (Å²) >= 11 is 0. The minimum absolute atomic E-state index is 0.0741. The number of Topliss-reactive ketones (excluding diaryl/α,β-unsaturated/α-hetero) is 1. The van der Waals surface area contributed by atoms with Crippen LogP contribution in [0.25, 0.3) is 0 Å². The highest BCUT2D eigenvalue weighted by atomic mass is 16.5. The van der Waals surface area contributed by atoms with Gasteiger partial charge in [0.05, 0.1) is 5.70 Å². The number of rotatable bonds is 3. The van der Waals surface area contributed by atoms with Crippen molar-refractivity contribution in [3.63, 3.8) is 0 Å². The molecule has 1 N–H and O–H groups in total. The van der Waals surface area contributed by atoms with E-state index < -0.39 is 5.97 Å². The van der Waals surface area contributed by atoms with Crippen molar-refractivity contribution in [3.05, 3.63) is 11.5 Å². The van der Waals surface area contributed by atoms with Crippen LogP contribution in [0.4, 0.5) is 0 Å². The number of carbonyl (C=O) groups excluding carboxylic acids is 2. The lowest BCUT2D eigenvalue weighted by Crippen LogP contribution is -2.14. The molecule has 0 amide bonds. The molecule has 0 saturated heterocycles. The smallest absolute Gasteiger partial charge is 0.308 e. The van der Waals surface area contributed by atoms with E-state index in [1.165, 1.54) is 13.8 Å². The molecule has 4 nitrogen and oxygen atoms in total. The molecule has 0 aromatic heterocycles. The molecule has 0 aliphatic heterocycles. The standard InChI is InChI=1S/C8H13NO3/c1-5(9-4)8(6(2)10)12-7(3)11/h9H,1-4H3/b8-5+. The molecule has 0 radical (unpaired) electrons. The third-order valence-electron chi connectivity index (χ3n) is 1.28. The van der Waals surface area contributed by atoms with Crippen molar-refractivity contribution in [1.82, 2.24) is 5.32 Å². The largest absolute Gasteiger partial charge is 0.421 e. The fraction of sp³-hybridized carbons (Fsp3) is 0.500. The highest BCUT2D eigenvalue weighted by Crippen LogP contribution is 2.04. The summed E-state index contributed by atoms with van der Waals surface area (Å²) in [7, 11) is 1.65. The third kappa shape index (κ3) is 3.18. The van der Waals surface area contributed by atoms with Crippen LogP contribution >= 0.6 is 0 Å². The minimum atomic E-state index is -0.491. The zero-order valence-corrected chi connectivity index (χ0v) is 7.72. The van der Waals surface area contributed by atoms with Gasteiger partial charge in [0.25, 0.3) is 0 Å². The van der Waals surface area contributed by atoms with Crippen LogP contribution in [0.3, 0.4) is 0 Å². The quantitative estimate of drug-likeness (QED) is 0.383. The monoisotopic (exact) mass is 171 g/mol. The molecular formula is C8H13NO3. The summed E-state index contributed by atoms with van der Waals surface area (Å²) in [6, 6.07) is 0. The van der Waals surface area contributed by atoms with Gasteiger partial charge in [-0.3, -0.25) is 9.59 Å². The van der Waals surface area contributed by atoms with Crippen molar-refractivity contribution in [1.29, 1.82) is 0 Å². The van der Waals surface area contributed by atoms with Crippen LogP contribution in [-0.2, 0) is 14.3 Å². The molecule has 0 atom stereocenters. The van der Waals surface area contributed by atoms with E-state index in [1.807, 2.05) is 0 Å². The van der Waals surface area contributed by atoms with Gasteiger partial charge < -0.3 is 10.1 Å². The van der Waals surface area contributed by atoms with Gasteiger partial charge in [-0.05, 0) is 6.92 Å². The topological polar surface area (TPSA) is 55.4 Å². The lowest BCUT2D eigenvalue weighted by Gasteiger charge is -2.07. The van der Waals surface area contributed by atoms with Crippen LogP contribution in [0.2, 0.25) is 0 Å². The minimum Gasteiger partial charge on any atom is -0.421 e. The van der Waals surface area contributed by atoms with E-state index in [2.05, 4.69) is 5.32 Å². The number of nitrogens with one attached hydrogen (secondary N) is 1. The van der Waals surface area contributed by atoms with Crippen LogP contribution in [0.5, 0.6) is 0 Å². The molecule has 0 aliphatic rings. The summed E-state index contributed by atoms with van der Waals surface area (Å²) in [5.74, 6) is -0.683. The third-order valence-corrected chi connectivity index (χ3v) is 1.28. The second-order valence-electron chi connectivity index (χ2n) is 2.35. The lowest BCUT2D eigenvalue weighted by atomic mass is 10.3. The molecule has 0 aromatic carbocycles. The first-order valence-corrected chi connectivity index (χ1v) is 3.57. The molecule has 0 unspecified atom stereocenters. The second kappa shape index (κ2) is 4.54. The Morgan fingerprint density at radius 1 is 1.17 bits per heavy atom. The van der Waals surface area contributed by atoms with Gasteiger partial charge in [0, 0.05) is 20.9 Å². The van der Waals surface area contributed by atoms with E-state index >= 15 is 0 Å². The van der Waals surface area contributed by atoms with Gasteiger partial charge >= 0.3 is 5.97 Å². The van der Waals surface area contributed by atoms with Gasteiger partial charge in [0.2, 0.25) is 0 Å². The molecule has 4 heteroatoms. The Bertz CT molecular complexity index is 230. The molecule has 0 fully saturated rings. The highest BCUT2D eigenvalue weighted by Gasteiger charge is 2.11. The highest BCUT2D eigenvalue weighted by molar-refractivity contribution is 5.94. The number of ketones is 1. The number of hydrogen-bond donors (Lipinski definition) is 1. The number of allylic oxidation sites excluding steroid dienone is 2. The molecule has 0 aliphatic carbocycles. The Balaban J connectivity index is 4.66. The van der Waals surface area contributed by atoms with Gasteiger partial charge in [0.15, 0.2) is 11.5 Å². The second-order valence-corrected chi connectivity index (χ2v) is 2.35. The zero-order valence-electron chi connectivity index (χ0n) is 7.72. The lowest BCUT2D eigenvalue weighted by molar-refractivity contribution is -0.140. The van der Waals surface area contributed by atoms with Gasteiger partial charge in [-0.1, -0.05) is 0 Å². The van der Waals surface area contributed by atoms with E-state index in [1.54, 1.807) is 14.0 Å². The van der Waals surface area contributed by atoms with Gasteiger partial charge in [0.1, 0.15) is 0 Å². The number of esters is 1. The Morgan fingerprint density at radius 3 is 1.92 bits per heavy atom. The SMILES string of the molecule is CN/C(C)=C(/OC(C)=O)C(C)=O. The first-order valence-electron chi connectivity index (χ1n) is 3.57. The average Bonchev–Trinajstić information content (AvgIpc) is 1.98. The predicted octanol–water partition coefficient (Wildman–Crippen LogP) is 0.589. The van der Waals surface area contributed by atoms with Crippen molar-refractivity contribution < 1.29 is 14.3 Å². The summed E-state index contributed by atoms with van der Waals surface area (Å²) in [6.45, 7) is 4.27. The first kappa shape index (κ1) is 10.7. The molecular weight excluding hydrogens is 158 g/mol. The first-order chi connectivity index (χ1) is 5.49. The van der Waals surface area contributed by atoms with E-state index in [9.17, 15) is 9.59 Å². The fourth-order valence-corrected chi connectivity index (χ4v) is 0.670. The summed E-state index contributed by atoms with van der Waals surface area (Å²) in [5, 5.41) is 2.73. The molecule has 0 spiro atoms. The maximum absolute atomic E-state index is 10.9. The summed E-state index contributed by atoms with van der Waals surface area (Å²) in [6.07, 6.45) is 0. The van der Waals surface area contributed by atoms with Crippen LogP contribution in [-0.4, -0.2) is 18.8 Å². The molecule has 0 saturated carbocycles. The number of carbonyl (C=O) groups is 2. The van der Waals surface area contributed by atoms with E-state index in [0.717, 1.165) is 0 Å². The van der Waals surface area contributed by atoms with Gasteiger partial charge in [-0.2, -0.15) is 0 Å². The van der Waals surface area contributed by atoms with Gasteiger partial charge in [-0.15, -0.1) is 0 Å². The molecule has 0 bridgehead atoms. The van der Waals surface area contributed by atoms with Gasteiger partial charge in [-0.25, -0.2) is 0 Å². The van der Waals surface area contributed by atoms with Crippen LogP contribution < -0.4 is 5.32 Å². The van der Waals surface area contributed by atoms with Crippen molar-refractivity contribution in [2.24, 2.45) is 0 Å². The Morgan fingerprint density at radius 2 is 1.67 bits per heavy atom. The molecule has 0 rings (SSSR count). The van der Waals surface area contributed by atoms with Crippen molar-refractivity contribution in [3.8, 4) is 0 Å². The van der Waals surface area contributed by atoms with Crippen molar-refractivity contribution in [2.45, 2.75) is 20.8 Å². The molecule has 12 heavy (non-hydrogen) atoms. The normalized spacial score (nSPS) is 11.7. The van der Waals surface area contributed by atoms with E-state index in [0.29, 0.717) is 5.70 Å². The predicted molar refractivity (Wildman–Crippen MR) is 44.2 cm³/mol. The van der Waals surface area contributed by atoms with E-state index in [4.69, 9.17) is 4.74 Å². The molecule has 0 aromatic rings. The Hall–Kier alpha value is -1.32. The number of ether oxygens (including phenoxy) is 1. The summed E-state index contributed by atoms with van der Waals surface area (Å²) in [4.78, 5) is 21.4.